The first-order valence-electron chi connectivity index (χ1n) is 5.14. The standard InChI is InChI=1S/C12H12N2OS2/c1-14(8-9-4-3-7-17-9)12(15)10-5-2-6-13-11(10)16/h2-7H,8H2,1H3,(H,13,16). The van der Waals surface area contributed by atoms with E-state index >= 15 is 0 Å². The Morgan fingerprint density at radius 3 is 2.94 bits per heavy atom. The molecule has 5 heteroatoms. The first-order valence-corrected chi connectivity index (χ1v) is 6.43. The van der Waals surface area contributed by atoms with E-state index in [1.165, 1.54) is 0 Å². The molecule has 88 valence electrons. The number of thiophene rings is 1. The number of hydrogen-bond acceptors (Lipinski definition) is 3. The molecular weight excluding hydrogens is 252 g/mol. The molecule has 0 aliphatic heterocycles. The van der Waals surface area contributed by atoms with Crippen molar-refractivity contribution < 1.29 is 4.79 Å². The molecule has 3 nitrogen and oxygen atoms in total. The van der Waals surface area contributed by atoms with Gasteiger partial charge in [0.15, 0.2) is 0 Å². The van der Waals surface area contributed by atoms with Crippen LogP contribution in [0.5, 0.6) is 0 Å². The first-order chi connectivity index (χ1) is 8.18. The van der Waals surface area contributed by atoms with Crippen molar-refractivity contribution in [1.82, 2.24) is 9.88 Å². The lowest BCUT2D eigenvalue weighted by Gasteiger charge is -2.16. The molecule has 0 bridgehead atoms. The van der Waals surface area contributed by atoms with Crippen molar-refractivity contribution in [3.63, 3.8) is 0 Å². The molecule has 0 atom stereocenters. The Bertz CT molecular complexity index is 560. The van der Waals surface area contributed by atoms with Crippen LogP contribution in [0.3, 0.4) is 0 Å². The molecule has 17 heavy (non-hydrogen) atoms. The van der Waals surface area contributed by atoms with Crippen LogP contribution < -0.4 is 0 Å². The summed E-state index contributed by atoms with van der Waals surface area (Å²) in [5, 5.41) is 2.00. The van der Waals surface area contributed by atoms with E-state index in [0.717, 1.165) is 4.88 Å². The summed E-state index contributed by atoms with van der Waals surface area (Å²) in [4.78, 5) is 17.8. The molecule has 0 unspecified atom stereocenters. The third-order valence-electron chi connectivity index (χ3n) is 2.37. The number of carbonyl (C=O) groups excluding carboxylic acids is 1. The fraction of sp³-hybridized carbons (Fsp3) is 0.167. The summed E-state index contributed by atoms with van der Waals surface area (Å²) in [6.07, 6.45) is 1.72. The normalized spacial score (nSPS) is 10.2. The summed E-state index contributed by atoms with van der Waals surface area (Å²) in [6, 6.07) is 7.52. The zero-order valence-corrected chi connectivity index (χ0v) is 11.0. The third kappa shape index (κ3) is 2.81. The van der Waals surface area contributed by atoms with Gasteiger partial charge in [0, 0.05) is 18.1 Å². The minimum Gasteiger partial charge on any atom is -0.352 e. The zero-order valence-electron chi connectivity index (χ0n) is 9.34. The predicted octanol–water partition coefficient (Wildman–Crippen LogP) is 3.08. The summed E-state index contributed by atoms with van der Waals surface area (Å²) in [6.45, 7) is 0.611. The van der Waals surface area contributed by atoms with Gasteiger partial charge in [-0.3, -0.25) is 4.79 Å². The predicted molar refractivity (Wildman–Crippen MR) is 71.7 cm³/mol. The van der Waals surface area contributed by atoms with Crippen molar-refractivity contribution in [2.45, 2.75) is 6.54 Å². The lowest BCUT2D eigenvalue weighted by Crippen LogP contribution is -2.26. The average Bonchev–Trinajstić information content (AvgIpc) is 2.81. The van der Waals surface area contributed by atoms with Crippen LogP contribution in [0.4, 0.5) is 0 Å². The fourth-order valence-electron chi connectivity index (χ4n) is 1.50. The topological polar surface area (TPSA) is 36.1 Å². The van der Waals surface area contributed by atoms with E-state index in [1.807, 2.05) is 17.5 Å². The largest absolute Gasteiger partial charge is 0.352 e. The van der Waals surface area contributed by atoms with Crippen LogP contribution in [-0.4, -0.2) is 22.8 Å². The van der Waals surface area contributed by atoms with Crippen molar-refractivity contribution in [3.05, 3.63) is 50.9 Å². The fourth-order valence-corrected chi connectivity index (χ4v) is 2.48. The lowest BCUT2D eigenvalue weighted by molar-refractivity contribution is 0.0785. The Hall–Kier alpha value is -1.46. The maximum atomic E-state index is 12.1. The monoisotopic (exact) mass is 264 g/mol. The maximum Gasteiger partial charge on any atom is 0.256 e. The van der Waals surface area contributed by atoms with E-state index in [1.54, 1.807) is 41.6 Å². The number of aromatic amines is 1. The molecule has 2 rings (SSSR count). The molecule has 0 fully saturated rings. The molecular formula is C12H12N2OS2. The Labute approximate surface area is 109 Å². The van der Waals surface area contributed by atoms with E-state index in [4.69, 9.17) is 12.2 Å². The minimum atomic E-state index is -0.0553. The van der Waals surface area contributed by atoms with Gasteiger partial charge >= 0.3 is 0 Å². The number of nitrogens with one attached hydrogen (secondary N) is 1. The van der Waals surface area contributed by atoms with E-state index in [9.17, 15) is 4.79 Å². The highest BCUT2D eigenvalue weighted by molar-refractivity contribution is 7.71. The van der Waals surface area contributed by atoms with Crippen LogP contribution in [0.2, 0.25) is 0 Å². The highest BCUT2D eigenvalue weighted by Gasteiger charge is 2.13. The second-order valence-corrected chi connectivity index (χ2v) is 5.09. The Morgan fingerprint density at radius 2 is 2.29 bits per heavy atom. The van der Waals surface area contributed by atoms with Crippen LogP contribution >= 0.6 is 23.6 Å². The van der Waals surface area contributed by atoms with Gasteiger partial charge < -0.3 is 9.88 Å². The quantitative estimate of drug-likeness (QED) is 0.865. The van der Waals surface area contributed by atoms with Crippen molar-refractivity contribution >= 4 is 29.5 Å². The number of carbonyl (C=O) groups is 1. The summed E-state index contributed by atoms with van der Waals surface area (Å²) >= 11 is 6.74. The summed E-state index contributed by atoms with van der Waals surface area (Å²) in [5.41, 5.74) is 0.543. The van der Waals surface area contributed by atoms with Crippen molar-refractivity contribution in [2.24, 2.45) is 0 Å². The zero-order chi connectivity index (χ0) is 12.3. The van der Waals surface area contributed by atoms with Gasteiger partial charge in [0.2, 0.25) is 0 Å². The molecule has 0 aliphatic carbocycles. The highest BCUT2D eigenvalue weighted by Crippen LogP contribution is 2.13. The van der Waals surface area contributed by atoms with Gasteiger partial charge in [-0.05, 0) is 23.6 Å². The molecule has 2 heterocycles. The van der Waals surface area contributed by atoms with E-state index in [2.05, 4.69) is 4.98 Å². The summed E-state index contributed by atoms with van der Waals surface area (Å²) < 4.78 is 0.482. The Kier molecular flexibility index (Phi) is 3.71. The van der Waals surface area contributed by atoms with Crippen LogP contribution in [-0.2, 0) is 6.54 Å². The lowest BCUT2D eigenvalue weighted by atomic mass is 10.2. The number of nitrogens with zero attached hydrogens (tertiary/aromatic N) is 1. The molecule has 0 aliphatic rings. The molecule has 1 amide bonds. The number of aromatic nitrogens is 1. The molecule has 0 radical (unpaired) electrons. The van der Waals surface area contributed by atoms with Gasteiger partial charge in [0.25, 0.3) is 5.91 Å². The molecule has 0 aromatic carbocycles. The van der Waals surface area contributed by atoms with Gasteiger partial charge in [0.1, 0.15) is 4.64 Å². The van der Waals surface area contributed by atoms with Gasteiger partial charge in [-0.1, -0.05) is 18.3 Å². The van der Waals surface area contributed by atoms with E-state index in [0.29, 0.717) is 16.7 Å². The number of amides is 1. The molecule has 2 aromatic rings. The molecule has 0 spiro atoms. The number of pyridine rings is 1. The smallest absolute Gasteiger partial charge is 0.256 e. The van der Waals surface area contributed by atoms with Crippen LogP contribution in [0.25, 0.3) is 0 Å². The molecule has 0 saturated carbocycles. The van der Waals surface area contributed by atoms with Crippen LogP contribution in [0, 0.1) is 4.64 Å². The van der Waals surface area contributed by atoms with Gasteiger partial charge in [0.05, 0.1) is 12.1 Å². The molecule has 0 saturated heterocycles. The summed E-state index contributed by atoms with van der Waals surface area (Å²) in [5.74, 6) is -0.0553. The number of H-pyrrole nitrogens is 1. The maximum absolute atomic E-state index is 12.1. The van der Waals surface area contributed by atoms with E-state index in [-0.39, 0.29) is 5.91 Å². The first kappa shape index (κ1) is 12.0. The van der Waals surface area contributed by atoms with Gasteiger partial charge in [-0.2, -0.15) is 0 Å². The molecule has 2 aromatic heterocycles. The van der Waals surface area contributed by atoms with Gasteiger partial charge in [-0.25, -0.2) is 0 Å². The Balaban J connectivity index is 2.15. The molecule has 1 N–H and O–H groups in total. The third-order valence-corrected chi connectivity index (χ3v) is 3.57. The van der Waals surface area contributed by atoms with E-state index < -0.39 is 0 Å². The van der Waals surface area contributed by atoms with Crippen molar-refractivity contribution in [2.75, 3.05) is 7.05 Å². The number of hydrogen-bond donors (Lipinski definition) is 1. The Morgan fingerprint density at radius 1 is 1.47 bits per heavy atom. The van der Waals surface area contributed by atoms with Crippen molar-refractivity contribution in [1.29, 1.82) is 0 Å². The highest BCUT2D eigenvalue weighted by atomic mass is 32.1. The van der Waals surface area contributed by atoms with Crippen LogP contribution in [0.15, 0.2) is 35.8 Å². The van der Waals surface area contributed by atoms with Crippen LogP contribution in [0.1, 0.15) is 15.2 Å². The van der Waals surface area contributed by atoms with Gasteiger partial charge in [-0.15, -0.1) is 11.3 Å². The SMILES string of the molecule is CN(Cc1cccs1)C(=O)c1ccc[nH]c1=S. The second-order valence-electron chi connectivity index (χ2n) is 3.65. The summed E-state index contributed by atoms with van der Waals surface area (Å²) in [7, 11) is 1.78. The van der Waals surface area contributed by atoms with Crippen molar-refractivity contribution in [3.8, 4) is 0 Å². The average molecular weight is 264 g/mol. The second kappa shape index (κ2) is 5.25. The minimum absolute atomic E-state index is 0.0553. The number of rotatable bonds is 3.